The van der Waals surface area contributed by atoms with Crippen molar-refractivity contribution in [2.45, 2.75) is 0 Å². The van der Waals surface area contributed by atoms with E-state index in [1.165, 1.54) is 14.1 Å². The molecule has 0 aliphatic heterocycles. The van der Waals surface area contributed by atoms with Gasteiger partial charge in [0, 0.05) is 36.6 Å². The van der Waals surface area contributed by atoms with Gasteiger partial charge in [0.05, 0.1) is 6.39 Å². The summed E-state index contributed by atoms with van der Waals surface area (Å²) in [7, 11) is 15.5. The molecule has 17 heteroatoms. The Morgan fingerprint density at radius 3 is 1.56 bits per heavy atom. The van der Waals surface area contributed by atoms with Gasteiger partial charge in [-0.05, 0) is 0 Å². The molecule has 0 aromatic carbocycles. The van der Waals surface area contributed by atoms with Crippen LogP contribution in [0.1, 0.15) is 0 Å². The molecule has 0 spiro atoms. The number of rotatable bonds is 8. The summed E-state index contributed by atoms with van der Waals surface area (Å²) in [4.78, 5) is 21.7. The second kappa shape index (κ2) is 8.49. The smallest absolute Gasteiger partial charge is 0.315 e. The van der Waals surface area contributed by atoms with E-state index in [9.17, 15) is 8.78 Å². The summed E-state index contributed by atoms with van der Waals surface area (Å²) in [6.07, 6.45) is -2.82. The van der Waals surface area contributed by atoms with Crippen LogP contribution in [0.15, 0.2) is 0 Å². The van der Waals surface area contributed by atoms with Gasteiger partial charge < -0.3 is 21.1 Å². The maximum Gasteiger partial charge on any atom is 0.315 e. The molecule has 0 saturated heterocycles. The lowest BCUT2D eigenvalue weighted by molar-refractivity contribution is 0.537. The summed E-state index contributed by atoms with van der Waals surface area (Å²) in [5.74, 6) is -0.254. The van der Waals surface area contributed by atoms with E-state index in [4.69, 9.17) is 15.5 Å². The second-order valence-corrected chi connectivity index (χ2v) is 4.54. The number of anilines is 4. The Kier molecular flexibility index (Phi) is 6.36. The first kappa shape index (κ1) is 18.7. The predicted octanol–water partition coefficient (Wildman–Crippen LogP) is -2.05. The van der Waals surface area contributed by atoms with Gasteiger partial charge in [0.2, 0.25) is 23.8 Å². The van der Waals surface area contributed by atoms with E-state index in [0.29, 0.717) is 0 Å². The lowest BCUT2D eigenvalue weighted by atomic mass is 8.90. The Morgan fingerprint density at radius 2 is 1.20 bits per heavy atom. The van der Waals surface area contributed by atoms with Crippen LogP contribution in [0.25, 0.3) is 0 Å². The Morgan fingerprint density at radius 1 is 0.800 bits per heavy atom. The largest absolute Gasteiger partial charge is 0.385 e. The third-order valence-electron chi connectivity index (χ3n) is 2.84. The van der Waals surface area contributed by atoms with E-state index >= 15 is 0 Å². The fourth-order valence-electron chi connectivity index (χ4n) is 1.67. The van der Waals surface area contributed by atoms with E-state index in [1.54, 1.807) is 0 Å². The quantitative estimate of drug-likeness (QED) is 0.400. The van der Waals surface area contributed by atoms with Gasteiger partial charge in [0.15, 0.2) is 0 Å². The highest BCUT2D eigenvalue weighted by Gasteiger charge is 2.26. The monoisotopic (exact) mass is 339 g/mol. The van der Waals surface area contributed by atoms with Gasteiger partial charge >= 0.3 is 19.0 Å². The molecule has 2 aromatic rings. The number of hydrogen-bond acceptors (Lipinski definition) is 10. The van der Waals surface area contributed by atoms with E-state index in [0.717, 1.165) is 7.06 Å². The highest BCUT2D eigenvalue weighted by atomic mass is 19.1. The molecule has 0 amide bonds. The minimum absolute atomic E-state index is 0.00252. The molecule has 5 radical (unpaired) electrons. The zero-order valence-corrected chi connectivity index (χ0v) is 13.3. The highest BCUT2D eigenvalue weighted by Crippen LogP contribution is 2.08. The van der Waals surface area contributed by atoms with E-state index in [1.807, 2.05) is 0 Å². The van der Waals surface area contributed by atoms with Crippen molar-refractivity contribution in [1.29, 1.82) is 0 Å². The van der Waals surface area contributed by atoms with Crippen molar-refractivity contribution >= 4 is 59.6 Å². The van der Waals surface area contributed by atoms with Crippen LogP contribution in [0.5, 0.6) is 0 Å². The van der Waals surface area contributed by atoms with E-state index in [2.05, 4.69) is 51.0 Å². The second-order valence-electron chi connectivity index (χ2n) is 4.54. The first-order chi connectivity index (χ1) is 11.9. The molecule has 2 heterocycles. The summed E-state index contributed by atoms with van der Waals surface area (Å²) in [5.41, 5.74) is 0. The molecule has 2 aromatic heterocycles. The van der Waals surface area contributed by atoms with Gasteiger partial charge in [0.1, 0.15) is 0 Å². The van der Waals surface area contributed by atoms with E-state index < -0.39 is 25.4 Å². The molecular weight excluding hydrogens is 328 g/mol. The summed E-state index contributed by atoms with van der Waals surface area (Å²) in [6, 6.07) is 0. The lowest BCUT2D eigenvalue weighted by Gasteiger charge is -2.20. The Balaban J connectivity index is 2.25. The Bertz CT molecular complexity index is 670. The molecule has 0 fully saturated rings. The number of halogens is 2. The van der Waals surface area contributed by atoms with Crippen LogP contribution in [0.3, 0.4) is 0 Å². The molecule has 0 aliphatic carbocycles. The molecule has 4 N–H and O–H groups in total. The fraction of sp³-hybridized carbons (Fsp3) is 0.250. The van der Waals surface area contributed by atoms with Gasteiger partial charge in [-0.2, -0.15) is 38.7 Å². The van der Waals surface area contributed by atoms with Crippen molar-refractivity contribution < 1.29 is 8.78 Å². The van der Waals surface area contributed by atoms with Gasteiger partial charge in [-0.25, -0.2) is 0 Å². The van der Waals surface area contributed by atoms with Crippen LogP contribution in [0.2, 0.25) is 0 Å². The standard InChI is InChI=1S/C8H10B5F2N10/c1-16-5-18-3(14)20-7(22-5)24-13(12(10)11-9)25-8-21-4(15)19-6(17-2)23-8/h1-2H3,(H2,16,18,20,22,24)(H2,17,19,21,23,25). The molecule has 0 aliphatic rings. The normalized spacial score (nSPS) is 9.92. The van der Waals surface area contributed by atoms with Gasteiger partial charge in [-0.3, -0.25) is 0 Å². The fourth-order valence-corrected chi connectivity index (χ4v) is 1.67. The zero-order chi connectivity index (χ0) is 18.4. The zero-order valence-electron chi connectivity index (χ0n) is 13.3. The van der Waals surface area contributed by atoms with Gasteiger partial charge in [-0.1, -0.05) is 0 Å². The van der Waals surface area contributed by atoms with Crippen LogP contribution in [0, 0.1) is 12.2 Å². The van der Waals surface area contributed by atoms with Crippen LogP contribution in [-0.2, 0) is 0 Å². The predicted molar refractivity (Wildman–Crippen MR) is 94.7 cm³/mol. The minimum Gasteiger partial charge on any atom is -0.385 e. The summed E-state index contributed by atoms with van der Waals surface area (Å²) >= 11 is 0. The van der Waals surface area contributed by atoms with Crippen molar-refractivity contribution in [2.24, 2.45) is 0 Å². The SMILES string of the molecule is [B][B]B([B])B(Nc1nc(F)nc(NC)n1)Nc1nc(F)nc(NC)n1. The van der Waals surface area contributed by atoms with Crippen molar-refractivity contribution in [3.63, 3.8) is 0 Å². The summed E-state index contributed by atoms with van der Waals surface area (Å²) < 4.78 is 26.8. The molecule has 0 unspecified atom stereocenters. The minimum atomic E-state index is -1.01. The van der Waals surface area contributed by atoms with Crippen molar-refractivity contribution in [1.82, 2.24) is 29.9 Å². The maximum atomic E-state index is 13.4. The third-order valence-corrected chi connectivity index (χ3v) is 2.84. The molecule has 25 heavy (non-hydrogen) atoms. The average Bonchev–Trinajstić information content (AvgIpc) is 2.59. The summed E-state index contributed by atoms with van der Waals surface area (Å²) in [6.45, 7) is -0.886. The molecular formula is C8H10B5F2N10. The van der Waals surface area contributed by atoms with Crippen LogP contribution in [-0.4, -0.2) is 79.8 Å². The number of nitrogens with one attached hydrogen (secondary N) is 4. The van der Waals surface area contributed by atoms with Crippen LogP contribution in [0.4, 0.5) is 32.6 Å². The van der Waals surface area contributed by atoms with Crippen molar-refractivity contribution in [2.75, 3.05) is 35.2 Å². The van der Waals surface area contributed by atoms with Crippen LogP contribution < -0.4 is 21.1 Å². The molecule has 121 valence electrons. The van der Waals surface area contributed by atoms with Crippen molar-refractivity contribution in [3.8, 4) is 0 Å². The number of aromatic nitrogens is 6. The maximum absolute atomic E-state index is 13.4. The van der Waals surface area contributed by atoms with Gasteiger partial charge in [0.25, 0.3) is 0 Å². The Hall–Kier alpha value is -2.60. The highest BCUT2D eigenvalue weighted by molar-refractivity contribution is 7.68. The lowest BCUT2D eigenvalue weighted by Crippen LogP contribution is -2.54. The number of hydrogen-bond donors (Lipinski definition) is 4. The molecule has 0 atom stereocenters. The van der Waals surface area contributed by atoms with E-state index in [-0.39, 0.29) is 23.8 Å². The molecule has 2 rings (SSSR count). The molecule has 10 nitrogen and oxygen atoms in total. The topological polar surface area (TPSA) is 125 Å². The van der Waals surface area contributed by atoms with Gasteiger partial charge in [-0.15, -0.1) is 0 Å². The third kappa shape index (κ3) is 5.19. The average molecular weight is 338 g/mol. The first-order valence-electron chi connectivity index (χ1n) is 6.97. The van der Waals surface area contributed by atoms with Crippen molar-refractivity contribution in [3.05, 3.63) is 12.2 Å². The first-order valence-corrected chi connectivity index (χ1v) is 6.97. The molecule has 0 saturated carbocycles. The molecule has 0 bridgehead atoms. The van der Waals surface area contributed by atoms with Crippen LogP contribution >= 0.6 is 0 Å². The Labute approximate surface area is 146 Å². The summed E-state index contributed by atoms with van der Waals surface area (Å²) in [5, 5.41) is 10.6. The number of nitrogens with zero attached hydrogens (tertiary/aromatic N) is 6.